The average molecular weight is 565 g/mol. The van der Waals surface area contributed by atoms with E-state index in [2.05, 4.69) is 5.32 Å². The zero-order valence-corrected chi connectivity index (χ0v) is 21.8. The summed E-state index contributed by atoms with van der Waals surface area (Å²) in [5, 5.41) is 24.7. The van der Waals surface area contributed by atoms with Crippen LogP contribution < -0.4 is 14.8 Å². The number of nitro benzene ring substituents is 2. The number of amides is 3. The molecular formula is C26H20N4O9S. The molecule has 3 aromatic carbocycles. The van der Waals surface area contributed by atoms with Gasteiger partial charge in [0.1, 0.15) is 6.54 Å². The van der Waals surface area contributed by atoms with Crippen molar-refractivity contribution in [2.75, 3.05) is 19.0 Å². The van der Waals surface area contributed by atoms with E-state index in [0.29, 0.717) is 17.4 Å². The van der Waals surface area contributed by atoms with E-state index in [1.165, 1.54) is 25.3 Å². The second-order valence-corrected chi connectivity index (χ2v) is 9.27. The minimum atomic E-state index is -0.829. The molecule has 1 aliphatic heterocycles. The molecule has 1 fully saturated rings. The van der Waals surface area contributed by atoms with Crippen LogP contribution >= 0.6 is 11.8 Å². The van der Waals surface area contributed by atoms with Crippen molar-refractivity contribution in [3.63, 3.8) is 0 Å². The first-order valence-electron chi connectivity index (χ1n) is 11.5. The third-order valence-electron chi connectivity index (χ3n) is 5.67. The van der Waals surface area contributed by atoms with E-state index in [9.17, 15) is 34.6 Å². The van der Waals surface area contributed by atoms with Gasteiger partial charge in [0.05, 0.1) is 27.9 Å². The fraction of sp³-hybridized carbons (Fsp3) is 0.115. The standard InChI is InChI=1S/C26H20N4O9S/c1-15-6-3-4-8-18(15)27-23(31)14-28-25(32)22(40-26(28)33)12-16-7-5-9-21(38-2)24(16)39-20-11-10-17(29(34)35)13-19(20)30(36)37/h3-13H,14H2,1-2H3,(H,27,31)/b22-12+. The number of anilines is 1. The van der Waals surface area contributed by atoms with Crippen LogP contribution in [0, 0.1) is 27.2 Å². The third kappa shape index (κ3) is 5.91. The molecule has 1 saturated heterocycles. The maximum atomic E-state index is 13.1. The Balaban J connectivity index is 1.62. The van der Waals surface area contributed by atoms with Crippen LogP contribution in [0.15, 0.2) is 65.6 Å². The summed E-state index contributed by atoms with van der Waals surface area (Å²) in [6.45, 7) is 1.30. The van der Waals surface area contributed by atoms with Gasteiger partial charge in [-0.3, -0.25) is 39.5 Å². The van der Waals surface area contributed by atoms with Crippen LogP contribution in [-0.4, -0.2) is 45.5 Å². The zero-order chi connectivity index (χ0) is 29.0. The molecule has 0 aliphatic carbocycles. The summed E-state index contributed by atoms with van der Waals surface area (Å²) in [6.07, 6.45) is 1.33. The fourth-order valence-corrected chi connectivity index (χ4v) is 4.53. The van der Waals surface area contributed by atoms with E-state index in [-0.39, 0.29) is 27.7 Å². The van der Waals surface area contributed by atoms with Crippen molar-refractivity contribution in [2.24, 2.45) is 0 Å². The summed E-state index contributed by atoms with van der Waals surface area (Å²) < 4.78 is 11.1. The van der Waals surface area contributed by atoms with Gasteiger partial charge in [-0.1, -0.05) is 30.3 Å². The molecule has 0 unspecified atom stereocenters. The number of non-ortho nitro benzene ring substituents is 1. The Morgan fingerprint density at radius 1 is 1.02 bits per heavy atom. The summed E-state index contributed by atoms with van der Waals surface area (Å²) >= 11 is 0.609. The van der Waals surface area contributed by atoms with Crippen molar-refractivity contribution < 1.29 is 33.7 Å². The van der Waals surface area contributed by atoms with Gasteiger partial charge in [-0.2, -0.15) is 0 Å². The molecule has 3 aromatic rings. The summed E-state index contributed by atoms with van der Waals surface area (Å²) in [5.74, 6) is -1.49. The predicted molar refractivity (Wildman–Crippen MR) is 145 cm³/mol. The fourth-order valence-electron chi connectivity index (χ4n) is 3.70. The number of carbonyl (C=O) groups excluding carboxylic acids is 3. The largest absolute Gasteiger partial charge is 0.493 e. The highest BCUT2D eigenvalue weighted by Crippen LogP contribution is 2.42. The number of thioether (sulfide) groups is 1. The summed E-state index contributed by atoms with van der Waals surface area (Å²) in [7, 11) is 1.33. The second-order valence-electron chi connectivity index (χ2n) is 8.28. The smallest absolute Gasteiger partial charge is 0.318 e. The third-order valence-corrected chi connectivity index (χ3v) is 6.58. The van der Waals surface area contributed by atoms with E-state index in [0.717, 1.165) is 28.7 Å². The lowest BCUT2D eigenvalue weighted by Gasteiger charge is -2.14. The van der Waals surface area contributed by atoms with E-state index in [4.69, 9.17) is 9.47 Å². The molecule has 3 amide bonds. The molecular weight excluding hydrogens is 544 g/mol. The van der Waals surface area contributed by atoms with Crippen molar-refractivity contribution >= 4 is 52.0 Å². The number of ether oxygens (including phenoxy) is 2. The highest BCUT2D eigenvalue weighted by Gasteiger charge is 2.36. The lowest BCUT2D eigenvalue weighted by atomic mass is 10.1. The number of hydrogen-bond acceptors (Lipinski definition) is 10. The molecule has 204 valence electrons. The molecule has 13 nitrogen and oxygen atoms in total. The lowest BCUT2D eigenvalue weighted by Crippen LogP contribution is -2.36. The zero-order valence-electron chi connectivity index (χ0n) is 21.0. The SMILES string of the molecule is COc1cccc(/C=C2/SC(=O)N(CC(=O)Nc3ccccc3C)C2=O)c1Oc1ccc([N+](=O)[O-])cc1[N+](=O)[O-]. The van der Waals surface area contributed by atoms with E-state index < -0.39 is 44.8 Å². The number of nitrogens with one attached hydrogen (secondary N) is 1. The number of imide groups is 1. The van der Waals surface area contributed by atoms with Crippen LogP contribution in [0.25, 0.3) is 6.08 Å². The summed E-state index contributed by atoms with van der Waals surface area (Å²) in [4.78, 5) is 60.0. The Labute approximate surface area is 230 Å². The first-order valence-corrected chi connectivity index (χ1v) is 12.3. The van der Waals surface area contributed by atoms with Gasteiger partial charge in [-0.25, -0.2) is 0 Å². The minimum Gasteiger partial charge on any atom is -0.493 e. The number of carbonyl (C=O) groups is 3. The second kappa shape index (κ2) is 11.7. The van der Waals surface area contributed by atoms with Gasteiger partial charge in [0.25, 0.3) is 16.8 Å². The maximum absolute atomic E-state index is 13.1. The highest BCUT2D eigenvalue weighted by molar-refractivity contribution is 8.18. The van der Waals surface area contributed by atoms with Crippen LogP contribution in [0.2, 0.25) is 0 Å². The molecule has 0 aromatic heterocycles. The van der Waals surface area contributed by atoms with Gasteiger partial charge in [0.2, 0.25) is 11.7 Å². The summed E-state index contributed by atoms with van der Waals surface area (Å²) in [5.41, 5.74) is 0.421. The quantitative estimate of drug-likeness (QED) is 0.205. The van der Waals surface area contributed by atoms with Crippen molar-refractivity contribution in [3.8, 4) is 17.2 Å². The minimum absolute atomic E-state index is 0.0232. The number of rotatable bonds is 9. The Morgan fingerprint density at radius 2 is 1.77 bits per heavy atom. The Hall–Kier alpha value is -5.24. The van der Waals surface area contributed by atoms with Crippen LogP contribution in [-0.2, 0) is 9.59 Å². The molecule has 1 aliphatic rings. The molecule has 0 spiro atoms. The molecule has 1 heterocycles. The molecule has 4 rings (SSSR count). The van der Waals surface area contributed by atoms with Gasteiger partial charge in [-0.15, -0.1) is 0 Å². The maximum Gasteiger partial charge on any atom is 0.318 e. The number of methoxy groups -OCH3 is 1. The Morgan fingerprint density at radius 3 is 2.45 bits per heavy atom. The van der Waals surface area contributed by atoms with Gasteiger partial charge in [-0.05, 0) is 48.5 Å². The van der Waals surface area contributed by atoms with E-state index >= 15 is 0 Å². The summed E-state index contributed by atoms with van der Waals surface area (Å²) in [6, 6.07) is 14.5. The molecule has 0 bridgehead atoms. The number of nitrogens with zero attached hydrogens (tertiary/aromatic N) is 3. The van der Waals surface area contributed by atoms with E-state index in [1.807, 2.05) is 6.07 Å². The van der Waals surface area contributed by atoms with Gasteiger partial charge >= 0.3 is 5.69 Å². The topological polar surface area (TPSA) is 171 Å². The van der Waals surface area contributed by atoms with Crippen molar-refractivity contribution in [1.29, 1.82) is 0 Å². The molecule has 0 atom stereocenters. The molecule has 0 radical (unpaired) electrons. The molecule has 40 heavy (non-hydrogen) atoms. The van der Waals surface area contributed by atoms with Gasteiger partial charge in [0, 0.05) is 17.3 Å². The molecule has 0 saturated carbocycles. The molecule has 14 heteroatoms. The number of para-hydroxylation sites is 2. The number of nitro groups is 2. The highest BCUT2D eigenvalue weighted by atomic mass is 32.2. The van der Waals surface area contributed by atoms with E-state index in [1.54, 1.807) is 31.2 Å². The number of hydrogen-bond donors (Lipinski definition) is 1. The van der Waals surface area contributed by atoms with Crippen LogP contribution in [0.3, 0.4) is 0 Å². The first-order chi connectivity index (χ1) is 19.1. The van der Waals surface area contributed by atoms with Crippen molar-refractivity contribution in [3.05, 3.63) is 96.9 Å². The van der Waals surface area contributed by atoms with Crippen LogP contribution in [0.1, 0.15) is 11.1 Å². The molecule has 1 N–H and O–H groups in total. The van der Waals surface area contributed by atoms with Crippen LogP contribution in [0.4, 0.5) is 21.9 Å². The van der Waals surface area contributed by atoms with Gasteiger partial charge in [0.15, 0.2) is 11.5 Å². The number of aryl methyl sites for hydroxylation is 1. The predicted octanol–water partition coefficient (Wildman–Crippen LogP) is 5.29. The van der Waals surface area contributed by atoms with Crippen molar-refractivity contribution in [1.82, 2.24) is 4.90 Å². The average Bonchev–Trinajstić information content (AvgIpc) is 3.18. The number of benzene rings is 3. The van der Waals surface area contributed by atoms with Crippen LogP contribution in [0.5, 0.6) is 17.2 Å². The Kier molecular flexibility index (Phi) is 8.09. The lowest BCUT2D eigenvalue weighted by molar-refractivity contribution is -0.394. The van der Waals surface area contributed by atoms with Gasteiger partial charge < -0.3 is 14.8 Å². The Bertz CT molecular complexity index is 1590. The van der Waals surface area contributed by atoms with Crippen molar-refractivity contribution in [2.45, 2.75) is 6.92 Å². The first kappa shape index (κ1) is 27.8. The normalized spacial score (nSPS) is 13.8. The monoisotopic (exact) mass is 564 g/mol.